The van der Waals surface area contributed by atoms with E-state index in [1.54, 1.807) is 24.4 Å². The fourth-order valence-electron chi connectivity index (χ4n) is 3.81. The first-order chi connectivity index (χ1) is 14.5. The molecule has 4 heterocycles. The van der Waals surface area contributed by atoms with Crippen molar-refractivity contribution in [3.63, 3.8) is 0 Å². The topological polar surface area (TPSA) is 110 Å². The average Bonchev–Trinajstić information content (AvgIpc) is 3.34. The Morgan fingerprint density at radius 1 is 1.10 bits per heavy atom. The van der Waals surface area contributed by atoms with Gasteiger partial charge in [-0.15, -0.1) is 5.10 Å². The second-order valence-electron chi connectivity index (χ2n) is 7.11. The van der Waals surface area contributed by atoms with Crippen LogP contribution in [0, 0.1) is 5.82 Å². The number of aromatic nitrogens is 4. The number of benzene rings is 1. The van der Waals surface area contributed by atoms with E-state index in [0.29, 0.717) is 29.1 Å². The number of piperidine rings is 1. The predicted octanol–water partition coefficient (Wildman–Crippen LogP) is 1.23. The number of hydrogen-bond donors (Lipinski definition) is 1. The molecule has 3 aromatic rings. The maximum absolute atomic E-state index is 13.1. The number of amides is 3. The fourth-order valence-corrected chi connectivity index (χ4v) is 3.81. The van der Waals surface area contributed by atoms with Crippen LogP contribution in [0.5, 0.6) is 0 Å². The molecule has 0 radical (unpaired) electrons. The number of carbonyl (C=O) groups excluding carboxylic acids is 3. The Bertz CT molecular complexity index is 1190. The van der Waals surface area contributed by atoms with Gasteiger partial charge in [0.25, 0.3) is 5.91 Å². The molecule has 0 saturated carbocycles. The van der Waals surface area contributed by atoms with Gasteiger partial charge in [-0.2, -0.15) is 0 Å². The highest BCUT2D eigenvalue weighted by Gasteiger charge is 2.40. The fraction of sp³-hybridized carbons (Fsp3) is 0.200. The molecular formula is C20H15FN6O3. The Morgan fingerprint density at radius 3 is 2.73 bits per heavy atom. The Labute approximate surface area is 169 Å². The van der Waals surface area contributed by atoms with Crippen LogP contribution in [-0.4, -0.2) is 48.6 Å². The number of nitrogens with zero attached hydrogens (tertiary/aromatic N) is 5. The van der Waals surface area contributed by atoms with Crippen molar-refractivity contribution in [1.82, 2.24) is 30.2 Å². The Kier molecular flexibility index (Phi) is 4.12. The summed E-state index contributed by atoms with van der Waals surface area (Å²) < 4.78 is 14.6. The number of pyridine rings is 1. The summed E-state index contributed by atoms with van der Waals surface area (Å²) in [7, 11) is 0. The molecule has 2 aromatic heterocycles. The standard InChI is InChI=1S/C20H15FN6O3/c21-11-4-5-14(22-8-11)15-10-27(25-24-15)16-3-1-2-12-13(16)9-26(20(12)30)17-6-7-18(28)23-19(17)29/h1-5,8,10,17H,6-7,9H2,(H,23,28,29). The molecule has 10 heteroatoms. The van der Waals surface area contributed by atoms with Crippen LogP contribution in [0.4, 0.5) is 4.39 Å². The second kappa shape index (κ2) is 6.83. The molecule has 0 spiro atoms. The zero-order valence-electron chi connectivity index (χ0n) is 15.6. The molecule has 30 heavy (non-hydrogen) atoms. The Morgan fingerprint density at radius 2 is 1.97 bits per heavy atom. The molecule has 9 nitrogen and oxygen atoms in total. The van der Waals surface area contributed by atoms with E-state index in [1.807, 2.05) is 0 Å². The van der Waals surface area contributed by atoms with Gasteiger partial charge >= 0.3 is 0 Å². The van der Waals surface area contributed by atoms with E-state index in [0.717, 1.165) is 11.8 Å². The number of hydrogen-bond acceptors (Lipinski definition) is 6. The van der Waals surface area contributed by atoms with Crippen molar-refractivity contribution in [2.24, 2.45) is 0 Å². The van der Waals surface area contributed by atoms with Crippen molar-refractivity contribution in [1.29, 1.82) is 0 Å². The molecule has 0 aliphatic carbocycles. The molecule has 1 fully saturated rings. The summed E-state index contributed by atoms with van der Waals surface area (Å²) in [5, 5.41) is 10.5. The van der Waals surface area contributed by atoms with Gasteiger partial charge in [-0.1, -0.05) is 11.3 Å². The smallest absolute Gasteiger partial charge is 0.255 e. The van der Waals surface area contributed by atoms with E-state index in [-0.39, 0.29) is 24.8 Å². The minimum Gasteiger partial charge on any atom is -0.322 e. The van der Waals surface area contributed by atoms with Gasteiger partial charge < -0.3 is 4.90 Å². The summed E-state index contributed by atoms with van der Waals surface area (Å²) in [6.07, 6.45) is 3.24. The lowest BCUT2D eigenvalue weighted by molar-refractivity contribution is -0.136. The maximum Gasteiger partial charge on any atom is 0.255 e. The summed E-state index contributed by atoms with van der Waals surface area (Å²) in [5.74, 6) is -1.49. The van der Waals surface area contributed by atoms with Crippen LogP contribution >= 0.6 is 0 Å². The number of carbonyl (C=O) groups is 3. The van der Waals surface area contributed by atoms with Gasteiger partial charge in [0.05, 0.1) is 23.8 Å². The zero-order valence-corrected chi connectivity index (χ0v) is 15.6. The molecule has 3 amide bonds. The summed E-state index contributed by atoms with van der Waals surface area (Å²) in [5.41, 5.74) is 2.77. The quantitative estimate of drug-likeness (QED) is 0.655. The monoisotopic (exact) mass is 406 g/mol. The molecule has 1 saturated heterocycles. The van der Waals surface area contributed by atoms with Gasteiger partial charge in [0.15, 0.2) is 0 Å². The summed E-state index contributed by atoms with van der Waals surface area (Å²) in [4.78, 5) is 42.1. The number of nitrogens with one attached hydrogen (secondary N) is 1. The Hall–Kier alpha value is -3.95. The molecule has 2 aliphatic heterocycles. The molecule has 1 atom stereocenters. The summed E-state index contributed by atoms with van der Waals surface area (Å²) in [6.45, 7) is 0.223. The average molecular weight is 406 g/mol. The summed E-state index contributed by atoms with van der Waals surface area (Å²) in [6, 6.07) is 7.34. The van der Waals surface area contributed by atoms with E-state index in [1.165, 1.54) is 21.7 Å². The van der Waals surface area contributed by atoms with Gasteiger partial charge in [0.2, 0.25) is 11.8 Å². The van der Waals surface area contributed by atoms with Gasteiger partial charge in [-0.25, -0.2) is 9.07 Å². The van der Waals surface area contributed by atoms with Crippen LogP contribution in [0.2, 0.25) is 0 Å². The number of rotatable bonds is 3. The van der Waals surface area contributed by atoms with Gasteiger partial charge in [0, 0.05) is 24.1 Å². The van der Waals surface area contributed by atoms with Crippen LogP contribution in [-0.2, 0) is 16.1 Å². The third-order valence-electron chi connectivity index (χ3n) is 5.29. The van der Waals surface area contributed by atoms with E-state index in [9.17, 15) is 18.8 Å². The highest BCUT2D eigenvalue weighted by Crippen LogP contribution is 2.31. The molecular weight excluding hydrogens is 391 g/mol. The number of halogens is 1. The Balaban J connectivity index is 1.47. The van der Waals surface area contributed by atoms with Crippen LogP contribution in [0.15, 0.2) is 42.7 Å². The van der Waals surface area contributed by atoms with Crippen molar-refractivity contribution in [2.45, 2.75) is 25.4 Å². The van der Waals surface area contributed by atoms with Crippen LogP contribution in [0.25, 0.3) is 17.1 Å². The van der Waals surface area contributed by atoms with Crippen molar-refractivity contribution in [3.05, 3.63) is 59.7 Å². The molecule has 1 unspecified atom stereocenters. The lowest BCUT2D eigenvalue weighted by Crippen LogP contribution is -2.52. The molecule has 2 aliphatic rings. The van der Waals surface area contributed by atoms with Gasteiger partial charge in [0.1, 0.15) is 17.6 Å². The normalized spacial score (nSPS) is 18.5. The van der Waals surface area contributed by atoms with Gasteiger partial charge in [-0.3, -0.25) is 24.7 Å². The third kappa shape index (κ3) is 2.93. The SMILES string of the molecule is O=C1CCC(N2Cc3c(cccc3-n3cc(-c4ccc(F)cn4)nn3)C2=O)C(=O)N1. The predicted molar refractivity (Wildman–Crippen MR) is 101 cm³/mol. The van der Waals surface area contributed by atoms with E-state index >= 15 is 0 Å². The maximum atomic E-state index is 13.1. The molecule has 1 aromatic carbocycles. The summed E-state index contributed by atoms with van der Waals surface area (Å²) >= 11 is 0. The number of imide groups is 1. The second-order valence-corrected chi connectivity index (χ2v) is 7.11. The molecule has 150 valence electrons. The first-order valence-corrected chi connectivity index (χ1v) is 9.32. The highest BCUT2D eigenvalue weighted by atomic mass is 19.1. The lowest BCUT2D eigenvalue weighted by atomic mass is 10.0. The van der Waals surface area contributed by atoms with E-state index < -0.39 is 17.8 Å². The molecule has 0 bridgehead atoms. The molecule has 1 N–H and O–H groups in total. The first kappa shape index (κ1) is 18.1. The van der Waals surface area contributed by atoms with Crippen LogP contribution < -0.4 is 5.32 Å². The minimum absolute atomic E-state index is 0.195. The van der Waals surface area contributed by atoms with Crippen LogP contribution in [0.3, 0.4) is 0 Å². The van der Waals surface area contributed by atoms with Crippen molar-refractivity contribution in [2.75, 3.05) is 0 Å². The third-order valence-corrected chi connectivity index (χ3v) is 5.29. The van der Waals surface area contributed by atoms with Crippen molar-refractivity contribution < 1.29 is 18.8 Å². The van der Waals surface area contributed by atoms with Crippen molar-refractivity contribution in [3.8, 4) is 17.1 Å². The van der Waals surface area contributed by atoms with E-state index in [4.69, 9.17) is 0 Å². The largest absolute Gasteiger partial charge is 0.322 e. The zero-order chi connectivity index (χ0) is 20.8. The van der Waals surface area contributed by atoms with Crippen LogP contribution in [0.1, 0.15) is 28.8 Å². The first-order valence-electron chi connectivity index (χ1n) is 9.32. The minimum atomic E-state index is -0.690. The van der Waals surface area contributed by atoms with Crippen molar-refractivity contribution >= 4 is 17.7 Å². The number of fused-ring (bicyclic) bond motifs is 1. The molecule has 5 rings (SSSR count). The van der Waals surface area contributed by atoms with Gasteiger partial charge in [-0.05, 0) is 30.7 Å². The lowest BCUT2D eigenvalue weighted by Gasteiger charge is -2.29. The van der Waals surface area contributed by atoms with E-state index in [2.05, 4.69) is 20.6 Å². The highest BCUT2D eigenvalue weighted by molar-refractivity contribution is 6.05.